The van der Waals surface area contributed by atoms with Crippen LogP contribution in [0.2, 0.25) is 0 Å². The van der Waals surface area contributed by atoms with Crippen LogP contribution in [0.1, 0.15) is 24.9 Å². The summed E-state index contributed by atoms with van der Waals surface area (Å²) in [6.45, 7) is 1.94. The molecule has 1 atom stereocenters. The van der Waals surface area contributed by atoms with E-state index >= 15 is 0 Å². The molecular formula is C18H19BrFNO2S. The van der Waals surface area contributed by atoms with Gasteiger partial charge in [-0.05, 0) is 64.8 Å². The number of amides is 1. The molecule has 0 spiro atoms. The van der Waals surface area contributed by atoms with Gasteiger partial charge in [-0.15, -0.1) is 11.8 Å². The molecule has 0 aliphatic carbocycles. The van der Waals surface area contributed by atoms with Gasteiger partial charge in [0.05, 0.1) is 17.6 Å². The molecule has 0 unspecified atom stereocenters. The molecule has 0 aliphatic heterocycles. The molecule has 0 heterocycles. The fourth-order valence-corrected chi connectivity index (χ4v) is 3.55. The molecule has 3 nitrogen and oxygen atoms in total. The molecule has 6 heteroatoms. The number of nitrogens with one attached hydrogen (secondary N) is 1. The summed E-state index contributed by atoms with van der Waals surface area (Å²) in [5.74, 6) is 1.14. The zero-order valence-electron chi connectivity index (χ0n) is 13.5. The van der Waals surface area contributed by atoms with Crippen molar-refractivity contribution in [3.63, 3.8) is 0 Å². The maximum Gasteiger partial charge on any atom is 0.221 e. The third-order valence-electron chi connectivity index (χ3n) is 3.46. The van der Waals surface area contributed by atoms with Gasteiger partial charge in [-0.2, -0.15) is 0 Å². The van der Waals surface area contributed by atoms with Crippen LogP contribution in [-0.2, 0) is 4.79 Å². The summed E-state index contributed by atoms with van der Waals surface area (Å²) in [5.41, 5.74) is 1.00. The lowest BCUT2D eigenvalue weighted by Crippen LogP contribution is -2.26. The van der Waals surface area contributed by atoms with E-state index in [1.54, 1.807) is 19.2 Å². The molecule has 0 radical (unpaired) electrons. The van der Waals surface area contributed by atoms with E-state index < -0.39 is 0 Å². The number of ether oxygens (including phenoxy) is 1. The first-order valence-corrected chi connectivity index (χ1v) is 9.28. The largest absolute Gasteiger partial charge is 0.496 e. The second-order valence-corrected chi connectivity index (χ2v) is 7.26. The highest BCUT2D eigenvalue weighted by atomic mass is 79.9. The van der Waals surface area contributed by atoms with Gasteiger partial charge in [0.15, 0.2) is 0 Å². The molecule has 0 bridgehead atoms. The van der Waals surface area contributed by atoms with Gasteiger partial charge in [0.1, 0.15) is 11.6 Å². The standard InChI is InChI=1S/C18H19BrFNO2S/c1-12(13-3-8-17(23-2)16(19)11-13)21-18(22)9-10-24-15-6-4-14(20)5-7-15/h3-8,11-12H,9-10H2,1-2H3,(H,21,22)/t12-/m1/s1. The number of halogens is 2. The topological polar surface area (TPSA) is 38.3 Å². The Morgan fingerprint density at radius 2 is 2.00 bits per heavy atom. The predicted molar refractivity (Wildman–Crippen MR) is 99.0 cm³/mol. The van der Waals surface area contributed by atoms with E-state index in [4.69, 9.17) is 4.74 Å². The fraction of sp³-hybridized carbons (Fsp3) is 0.278. The number of carbonyl (C=O) groups is 1. The smallest absolute Gasteiger partial charge is 0.221 e. The van der Waals surface area contributed by atoms with Gasteiger partial charge in [0, 0.05) is 17.1 Å². The zero-order valence-corrected chi connectivity index (χ0v) is 15.9. The fourth-order valence-electron chi connectivity index (χ4n) is 2.14. The molecule has 2 aromatic carbocycles. The summed E-state index contributed by atoms with van der Waals surface area (Å²) in [6.07, 6.45) is 0.406. The van der Waals surface area contributed by atoms with Crippen molar-refractivity contribution in [3.05, 3.63) is 58.3 Å². The molecule has 1 N–H and O–H groups in total. The van der Waals surface area contributed by atoms with E-state index in [0.29, 0.717) is 12.2 Å². The van der Waals surface area contributed by atoms with Crippen molar-refractivity contribution in [1.29, 1.82) is 0 Å². The molecule has 24 heavy (non-hydrogen) atoms. The summed E-state index contributed by atoms with van der Waals surface area (Å²) < 4.78 is 18.9. The minimum atomic E-state index is -0.253. The van der Waals surface area contributed by atoms with Crippen molar-refractivity contribution in [1.82, 2.24) is 5.32 Å². The van der Waals surface area contributed by atoms with Crippen molar-refractivity contribution >= 4 is 33.6 Å². The quantitative estimate of drug-likeness (QED) is 0.654. The molecule has 128 valence electrons. The summed E-state index contributed by atoms with van der Waals surface area (Å²) in [7, 11) is 1.61. The van der Waals surface area contributed by atoms with Crippen molar-refractivity contribution in [2.24, 2.45) is 0 Å². The molecule has 2 rings (SSSR count). The van der Waals surface area contributed by atoms with E-state index in [1.165, 1.54) is 23.9 Å². The van der Waals surface area contributed by atoms with Crippen molar-refractivity contribution in [3.8, 4) is 5.75 Å². The van der Waals surface area contributed by atoms with E-state index in [0.717, 1.165) is 20.7 Å². The Morgan fingerprint density at radius 3 is 2.62 bits per heavy atom. The minimum Gasteiger partial charge on any atom is -0.496 e. The molecule has 0 saturated heterocycles. The van der Waals surface area contributed by atoms with Crippen LogP contribution in [0.4, 0.5) is 4.39 Å². The Kier molecular flexibility index (Phi) is 7.12. The second-order valence-electron chi connectivity index (χ2n) is 5.24. The van der Waals surface area contributed by atoms with Crippen molar-refractivity contribution in [2.45, 2.75) is 24.3 Å². The zero-order chi connectivity index (χ0) is 17.5. The van der Waals surface area contributed by atoms with E-state index in [1.807, 2.05) is 25.1 Å². The van der Waals surface area contributed by atoms with Crippen molar-refractivity contribution < 1.29 is 13.9 Å². The highest BCUT2D eigenvalue weighted by Gasteiger charge is 2.11. The van der Waals surface area contributed by atoms with Crippen LogP contribution in [0.5, 0.6) is 5.75 Å². The molecule has 0 saturated carbocycles. The number of thioether (sulfide) groups is 1. The van der Waals surface area contributed by atoms with Gasteiger partial charge in [-0.3, -0.25) is 4.79 Å². The molecule has 0 fully saturated rings. The second kappa shape index (κ2) is 9.08. The predicted octanol–water partition coefficient (Wildman–Crippen LogP) is 4.96. The highest BCUT2D eigenvalue weighted by Crippen LogP contribution is 2.28. The SMILES string of the molecule is COc1ccc([C@@H](C)NC(=O)CCSc2ccc(F)cc2)cc1Br. The Morgan fingerprint density at radius 1 is 1.29 bits per heavy atom. The van der Waals surface area contributed by atoms with Crippen molar-refractivity contribution in [2.75, 3.05) is 12.9 Å². The molecular weight excluding hydrogens is 393 g/mol. The summed E-state index contributed by atoms with van der Waals surface area (Å²) in [5, 5.41) is 2.98. The van der Waals surface area contributed by atoms with Crippen LogP contribution >= 0.6 is 27.7 Å². The molecule has 0 aromatic heterocycles. The highest BCUT2D eigenvalue weighted by molar-refractivity contribution is 9.10. The average molecular weight is 412 g/mol. The first-order valence-electron chi connectivity index (χ1n) is 7.50. The summed E-state index contributed by atoms with van der Waals surface area (Å²) in [4.78, 5) is 13.0. The van der Waals surface area contributed by atoms with Gasteiger partial charge in [0.2, 0.25) is 5.91 Å². The lowest BCUT2D eigenvalue weighted by Gasteiger charge is -2.15. The Hall–Kier alpha value is -1.53. The normalized spacial score (nSPS) is 11.8. The number of benzene rings is 2. The van der Waals surface area contributed by atoms with Gasteiger partial charge in [0.25, 0.3) is 0 Å². The van der Waals surface area contributed by atoms with Crippen LogP contribution in [0.3, 0.4) is 0 Å². The number of hydrogen-bond donors (Lipinski definition) is 1. The Balaban J connectivity index is 1.81. The van der Waals surface area contributed by atoms with Crippen LogP contribution in [0.25, 0.3) is 0 Å². The lowest BCUT2D eigenvalue weighted by molar-refractivity contribution is -0.121. The number of carbonyl (C=O) groups excluding carboxylic acids is 1. The lowest BCUT2D eigenvalue weighted by atomic mass is 10.1. The number of rotatable bonds is 7. The number of hydrogen-bond acceptors (Lipinski definition) is 3. The average Bonchev–Trinajstić information content (AvgIpc) is 2.56. The molecule has 1 amide bonds. The van der Waals surface area contributed by atoms with E-state index in [2.05, 4.69) is 21.2 Å². The van der Waals surface area contributed by atoms with Crippen LogP contribution in [0.15, 0.2) is 51.8 Å². The maximum absolute atomic E-state index is 12.8. The van der Waals surface area contributed by atoms with Gasteiger partial charge < -0.3 is 10.1 Å². The van der Waals surface area contributed by atoms with Gasteiger partial charge >= 0.3 is 0 Å². The van der Waals surface area contributed by atoms with Crippen LogP contribution in [-0.4, -0.2) is 18.8 Å². The maximum atomic E-state index is 12.8. The monoisotopic (exact) mass is 411 g/mol. The first kappa shape index (κ1) is 18.8. The third-order valence-corrected chi connectivity index (χ3v) is 5.10. The Bertz CT molecular complexity index is 694. The Labute approximate surface area is 154 Å². The first-order chi connectivity index (χ1) is 11.5. The van der Waals surface area contributed by atoms with E-state index in [-0.39, 0.29) is 17.8 Å². The van der Waals surface area contributed by atoms with Crippen LogP contribution < -0.4 is 10.1 Å². The van der Waals surface area contributed by atoms with Gasteiger partial charge in [-0.1, -0.05) is 6.07 Å². The minimum absolute atomic E-state index is 0.0101. The molecule has 0 aliphatic rings. The van der Waals surface area contributed by atoms with E-state index in [9.17, 15) is 9.18 Å². The number of methoxy groups -OCH3 is 1. The summed E-state index contributed by atoms with van der Waals surface area (Å²) in [6, 6.07) is 11.9. The molecule has 2 aromatic rings. The third kappa shape index (κ3) is 5.53. The van der Waals surface area contributed by atoms with Gasteiger partial charge in [-0.25, -0.2) is 4.39 Å². The van der Waals surface area contributed by atoms with Crippen LogP contribution in [0, 0.1) is 5.82 Å². The summed E-state index contributed by atoms with van der Waals surface area (Å²) >= 11 is 4.98.